The molecule has 2 rings (SSSR count). The van der Waals surface area contributed by atoms with Gasteiger partial charge in [0.25, 0.3) is 0 Å². The van der Waals surface area contributed by atoms with Gasteiger partial charge in [-0.15, -0.1) is 0 Å². The van der Waals surface area contributed by atoms with Gasteiger partial charge in [-0.25, -0.2) is 4.79 Å². The first-order valence-corrected chi connectivity index (χ1v) is 5.87. The lowest BCUT2D eigenvalue weighted by Crippen LogP contribution is -2.15. The Labute approximate surface area is 97.6 Å². The SMILES string of the molecule is O=C(OC[C@H]1OC[C@@H](O)S1)c1ccccc1. The quantitative estimate of drug-likeness (QED) is 0.806. The number of thioether (sulfide) groups is 1. The minimum absolute atomic E-state index is 0.162. The van der Waals surface area contributed by atoms with Crippen molar-refractivity contribution < 1.29 is 19.4 Å². The van der Waals surface area contributed by atoms with Crippen molar-refractivity contribution in [2.45, 2.75) is 10.9 Å². The van der Waals surface area contributed by atoms with E-state index in [-0.39, 0.29) is 24.6 Å². The van der Waals surface area contributed by atoms with Gasteiger partial charge < -0.3 is 14.6 Å². The summed E-state index contributed by atoms with van der Waals surface area (Å²) in [5, 5.41) is 9.18. The zero-order chi connectivity index (χ0) is 11.4. The molecule has 0 aliphatic carbocycles. The van der Waals surface area contributed by atoms with Crippen molar-refractivity contribution in [2.75, 3.05) is 13.2 Å². The highest BCUT2D eigenvalue weighted by Gasteiger charge is 2.25. The molecule has 1 heterocycles. The average Bonchev–Trinajstić information content (AvgIpc) is 2.73. The predicted octanol–water partition coefficient (Wildman–Crippen LogP) is 1.25. The highest BCUT2D eigenvalue weighted by molar-refractivity contribution is 8.00. The van der Waals surface area contributed by atoms with E-state index in [1.165, 1.54) is 11.8 Å². The summed E-state index contributed by atoms with van der Waals surface area (Å²) in [5.41, 5.74) is -0.255. The molecule has 86 valence electrons. The molecule has 1 aliphatic rings. The largest absolute Gasteiger partial charge is 0.458 e. The lowest BCUT2D eigenvalue weighted by Gasteiger charge is -2.09. The van der Waals surface area contributed by atoms with Gasteiger partial charge in [0.05, 0.1) is 12.2 Å². The fourth-order valence-electron chi connectivity index (χ4n) is 1.33. The average molecular weight is 240 g/mol. The fraction of sp³-hybridized carbons (Fsp3) is 0.364. The molecule has 1 fully saturated rings. The molecule has 0 unspecified atom stereocenters. The summed E-state index contributed by atoms with van der Waals surface area (Å²) in [6.45, 7) is 0.452. The van der Waals surface area contributed by atoms with E-state index in [4.69, 9.17) is 9.47 Å². The smallest absolute Gasteiger partial charge is 0.338 e. The van der Waals surface area contributed by atoms with E-state index in [2.05, 4.69) is 0 Å². The molecule has 0 amide bonds. The third-order valence-electron chi connectivity index (χ3n) is 2.09. The third-order valence-corrected chi connectivity index (χ3v) is 3.12. The molecule has 0 aromatic heterocycles. The lowest BCUT2D eigenvalue weighted by molar-refractivity contribution is 0.0225. The van der Waals surface area contributed by atoms with Gasteiger partial charge in [0.15, 0.2) is 0 Å². The lowest BCUT2D eigenvalue weighted by atomic mass is 10.2. The Hall–Kier alpha value is -1.04. The van der Waals surface area contributed by atoms with E-state index in [0.717, 1.165) is 0 Å². The molecule has 1 N–H and O–H groups in total. The highest BCUT2D eigenvalue weighted by Crippen LogP contribution is 2.25. The first-order chi connectivity index (χ1) is 7.75. The van der Waals surface area contributed by atoms with Gasteiger partial charge in [-0.2, -0.15) is 0 Å². The topological polar surface area (TPSA) is 55.8 Å². The number of ether oxygens (including phenoxy) is 2. The summed E-state index contributed by atoms with van der Waals surface area (Å²) >= 11 is 1.26. The highest BCUT2D eigenvalue weighted by atomic mass is 32.2. The van der Waals surface area contributed by atoms with Crippen LogP contribution in [0, 0.1) is 0 Å². The predicted molar refractivity (Wildman–Crippen MR) is 60.1 cm³/mol. The maximum atomic E-state index is 11.5. The van der Waals surface area contributed by atoms with Crippen molar-refractivity contribution in [2.24, 2.45) is 0 Å². The van der Waals surface area contributed by atoms with Crippen molar-refractivity contribution in [1.29, 1.82) is 0 Å². The molecule has 0 spiro atoms. The van der Waals surface area contributed by atoms with Gasteiger partial charge in [0.2, 0.25) is 0 Å². The molecule has 1 aromatic carbocycles. The van der Waals surface area contributed by atoms with E-state index < -0.39 is 5.44 Å². The van der Waals surface area contributed by atoms with Crippen molar-refractivity contribution in [3.05, 3.63) is 35.9 Å². The second kappa shape index (κ2) is 5.34. The van der Waals surface area contributed by atoms with Crippen LogP contribution in [0.3, 0.4) is 0 Å². The zero-order valence-electron chi connectivity index (χ0n) is 8.54. The van der Waals surface area contributed by atoms with Crippen molar-refractivity contribution >= 4 is 17.7 Å². The number of hydrogen-bond acceptors (Lipinski definition) is 5. The number of aliphatic hydroxyl groups is 1. The molecule has 0 bridgehead atoms. The number of hydrogen-bond donors (Lipinski definition) is 1. The number of carbonyl (C=O) groups excluding carboxylic acids is 1. The number of carbonyl (C=O) groups is 1. The van der Waals surface area contributed by atoms with Crippen LogP contribution in [0.5, 0.6) is 0 Å². The standard InChI is InChI=1S/C11H12O4S/c12-9-6-14-10(16-9)7-15-11(13)8-4-2-1-3-5-8/h1-5,9-10,12H,6-7H2/t9-,10-/m0/s1. The molecule has 4 nitrogen and oxygen atoms in total. The molecule has 16 heavy (non-hydrogen) atoms. The Kier molecular flexibility index (Phi) is 3.82. The van der Waals surface area contributed by atoms with Crippen molar-refractivity contribution in [3.8, 4) is 0 Å². The molecule has 2 atom stereocenters. The molecule has 0 radical (unpaired) electrons. The number of aliphatic hydroxyl groups excluding tert-OH is 1. The molecular formula is C11H12O4S. The summed E-state index contributed by atoms with van der Waals surface area (Å²) in [5.74, 6) is -0.369. The zero-order valence-corrected chi connectivity index (χ0v) is 9.35. The van der Waals surface area contributed by atoms with Crippen molar-refractivity contribution in [1.82, 2.24) is 0 Å². The monoisotopic (exact) mass is 240 g/mol. The Balaban J connectivity index is 1.80. The van der Waals surface area contributed by atoms with E-state index in [1.807, 2.05) is 6.07 Å². The maximum absolute atomic E-state index is 11.5. The molecule has 1 aromatic rings. The summed E-state index contributed by atoms with van der Waals surface area (Å²) < 4.78 is 10.3. The first kappa shape index (κ1) is 11.4. The van der Waals surface area contributed by atoms with Crippen LogP contribution in [-0.2, 0) is 9.47 Å². The second-order valence-corrected chi connectivity index (χ2v) is 4.66. The van der Waals surface area contributed by atoms with E-state index in [1.54, 1.807) is 24.3 Å². The Bertz CT molecular complexity index is 354. The minimum Gasteiger partial charge on any atom is -0.458 e. The third kappa shape index (κ3) is 2.98. The van der Waals surface area contributed by atoms with Crippen molar-refractivity contribution in [3.63, 3.8) is 0 Å². The molecule has 1 aliphatic heterocycles. The molecule has 5 heteroatoms. The van der Waals surface area contributed by atoms with Gasteiger partial charge in [-0.3, -0.25) is 0 Å². The summed E-state index contributed by atoms with van der Waals surface area (Å²) in [4.78, 5) is 11.5. The van der Waals surface area contributed by atoms with Gasteiger partial charge in [0.1, 0.15) is 17.5 Å². The number of benzene rings is 1. The van der Waals surface area contributed by atoms with Crippen LogP contribution in [0.1, 0.15) is 10.4 Å². The number of rotatable bonds is 3. The maximum Gasteiger partial charge on any atom is 0.338 e. The van der Waals surface area contributed by atoms with Crippen LogP contribution in [0.2, 0.25) is 0 Å². The summed E-state index contributed by atoms with van der Waals surface area (Å²) in [6.07, 6.45) is 0. The van der Waals surface area contributed by atoms with Gasteiger partial charge in [-0.1, -0.05) is 30.0 Å². The van der Waals surface area contributed by atoms with E-state index in [0.29, 0.717) is 5.56 Å². The summed E-state index contributed by atoms with van der Waals surface area (Å²) in [7, 11) is 0. The fourth-order valence-corrected chi connectivity index (χ4v) is 2.14. The van der Waals surface area contributed by atoms with Crippen LogP contribution in [0.25, 0.3) is 0 Å². The Morgan fingerprint density at radius 2 is 2.25 bits per heavy atom. The molecular weight excluding hydrogens is 228 g/mol. The van der Waals surface area contributed by atoms with Crippen LogP contribution < -0.4 is 0 Å². The van der Waals surface area contributed by atoms with E-state index in [9.17, 15) is 9.90 Å². The van der Waals surface area contributed by atoms with Gasteiger partial charge in [-0.05, 0) is 12.1 Å². The normalized spacial score (nSPS) is 24.3. The van der Waals surface area contributed by atoms with Crippen LogP contribution >= 0.6 is 11.8 Å². The van der Waals surface area contributed by atoms with Gasteiger partial charge >= 0.3 is 5.97 Å². The Morgan fingerprint density at radius 3 is 2.88 bits per heavy atom. The van der Waals surface area contributed by atoms with E-state index >= 15 is 0 Å². The van der Waals surface area contributed by atoms with Gasteiger partial charge in [0, 0.05) is 0 Å². The molecule has 0 saturated carbocycles. The van der Waals surface area contributed by atoms with Crippen LogP contribution in [0.15, 0.2) is 30.3 Å². The Morgan fingerprint density at radius 1 is 1.50 bits per heavy atom. The number of esters is 1. The van der Waals surface area contributed by atoms with Crippen LogP contribution in [-0.4, -0.2) is 35.2 Å². The first-order valence-electron chi connectivity index (χ1n) is 4.93. The second-order valence-electron chi connectivity index (χ2n) is 3.32. The summed E-state index contributed by atoms with van der Waals surface area (Å²) in [6, 6.07) is 8.78. The molecule has 1 saturated heterocycles. The van der Waals surface area contributed by atoms with Crippen LogP contribution in [0.4, 0.5) is 0 Å². The minimum atomic E-state index is -0.513.